The van der Waals surface area contributed by atoms with Gasteiger partial charge in [0.2, 0.25) is 5.91 Å². The minimum Gasteiger partial charge on any atom is -0.317 e. The van der Waals surface area contributed by atoms with Gasteiger partial charge in [0.25, 0.3) is 0 Å². The lowest BCUT2D eigenvalue weighted by Gasteiger charge is -2.13. The maximum Gasteiger partial charge on any atom is 0.221 e. The fourth-order valence-electron chi connectivity index (χ4n) is 2.95. The van der Waals surface area contributed by atoms with E-state index in [2.05, 4.69) is 35.8 Å². The molecule has 0 aliphatic carbocycles. The molecule has 0 radical (unpaired) electrons. The molecular formula is C17H17N3OS2. The number of nitrogens with one attached hydrogen (secondary N) is 2. The summed E-state index contributed by atoms with van der Waals surface area (Å²) in [4.78, 5) is 17.7. The Hall–Kier alpha value is -1.76. The maximum atomic E-state index is 11.6. The quantitative estimate of drug-likeness (QED) is 0.741. The van der Waals surface area contributed by atoms with Crippen LogP contribution in [0.1, 0.15) is 22.9 Å². The molecule has 3 aromatic rings. The number of fused-ring (bicyclic) bond motifs is 2. The fourth-order valence-corrected chi connectivity index (χ4v) is 5.42. The lowest BCUT2D eigenvalue weighted by molar-refractivity contribution is -0.114. The predicted octanol–water partition coefficient (Wildman–Crippen LogP) is 3.94. The van der Waals surface area contributed by atoms with Crippen LogP contribution in [0.4, 0.5) is 5.00 Å². The molecule has 118 valence electrons. The smallest absolute Gasteiger partial charge is 0.221 e. The van der Waals surface area contributed by atoms with Crippen LogP contribution in [0.5, 0.6) is 0 Å². The Bertz CT molecular complexity index is 910. The molecule has 4 nitrogen and oxygen atoms in total. The van der Waals surface area contributed by atoms with Gasteiger partial charge in [-0.1, -0.05) is 6.07 Å². The normalized spacial score (nSPS) is 14.0. The van der Waals surface area contributed by atoms with Gasteiger partial charge in [0, 0.05) is 23.9 Å². The maximum absolute atomic E-state index is 11.6. The van der Waals surface area contributed by atoms with Crippen LogP contribution in [-0.4, -0.2) is 17.4 Å². The van der Waals surface area contributed by atoms with Crippen molar-refractivity contribution in [3.05, 3.63) is 34.2 Å². The van der Waals surface area contributed by atoms with Crippen LogP contribution >= 0.6 is 22.7 Å². The number of carbonyl (C=O) groups excluding carboxylic acids is 1. The lowest BCUT2D eigenvalue weighted by atomic mass is 10.0. The van der Waals surface area contributed by atoms with Crippen molar-refractivity contribution in [1.29, 1.82) is 0 Å². The van der Waals surface area contributed by atoms with E-state index in [1.165, 1.54) is 20.7 Å². The predicted molar refractivity (Wildman–Crippen MR) is 97.4 cm³/mol. The first-order chi connectivity index (χ1) is 11.1. The van der Waals surface area contributed by atoms with E-state index in [9.17, 15) is 4.79 Å². The molecule has 2 N–H and O–H groups in total. The number of aromatic nitrogens is 1. The molecule has 0 saturated heterocycles. The van der Waals surface area contributed by atoms with Crippen molar-refractivity contribution < 1.29 is 4.79 Å². The Morgan fingerprint density at radius 1 is 1.35 bits per heavy atom. The molecule has 2 aromatic heterocycles. The number of nitrogens with zero attached hydrogens (tertiary/aromatic N) is 1. The van der Waals surface area contributed by atoms with Crippen LogP contribution in [0, 0.1) is 6.92 Å². The molecule has 1 aliphatic rings. The molecular weight excluding hydrogens is 326 g/mol. The van der Waals surface area contributed by atoms with Gasteiger partial charge in [0.1, 0.15) is 10.0 Å². The number of hydrogen-bond donors (Lipinski definition) is 2. The highest BCUT2D eigenvalue weighted by atomic mass is 32.1. The van der Waals surface area contributed by atoms with Crippen LogP contribution < -0.4 is 10.6 Å². The fraction of sp³-hybridized carbons (Fsp3) is 0.294. The van der Waals surface area contributed by atoms with Crippen LogP contribution in [0.3, 0.4) is 0 Å². The number of carbonyl (C=O) groups is 1. The van der Waals surface area contributed by atoms with E-state index in [0.717, 1.165) is 40.6 Å². The van der Waals surface area contributed by atoms with Crippen LogP contribution in [-0.2, 0) is 17.8 Å². The summed E-state index contributed by atoms with van der Waals surface area (Å²) in [7, 11) is 0. The van der Waals surface area contributed by atoms with Crippen molar-refractivity contribution in [3.8, 4) is 10.6 Å². The zero-order chi connectivity index (χ0) is 16.0. The Morgan fingerprint density at radius 2 is 2.22 bits per heavy atom. The van der Waals surface area contributed by atoms with E-state index in [4.69, 9.17) is 4.98 Å². The van der Waals surface area contributed by atoms with E-state index in [1.807, 2.05) is 0 Å². The van der Waals surface area contributed by atoms with Crippen molar-refractivity contribution in [3.63, 3.8) is 0 Å². The zero-order valence-electron chi connectivity index (χ0n) is 13.0. The summed E-state index contributed by atoms with van der Waals surface area (Å²) in [5.74, 6) is -0.0326. The van der Waals surface area contributed by atoms with E-state index < -0.39 is 0 Å². The Morgan fingerprint density at radius 3 is 3.04 bits per heavy atom. The van der Waals surface area contributed by atoms with Gasteiger partial charge in [-0.2, -0.15) is 0 Å². The molecule has 0 atom stereocenters. The number of anilines is 1. The highest BCUT2D eigenvalue weighted by Crippen LogP contribution is 2.44. The first kappa shape index (κ1) is 14.8. The monoisotopic (exact) mass is 343 g/mol. The number of benzene rings is 1. The average molecular weight is 343 g/mol. The Balaban J connectivity index is 1.90. The summed E-state index contributed by atoms with van der Waals surface area (Å²) in [5, 5.41) is 8.34. The van der Waals surface area contributed by atoms with Crippen LogP contribution in [0.15, 0.2) is 18.2 Å². The number of aryl methyl sites for hydroxylation is 1. The minimum atomic E-state index is -0.0326. The van der Waals surface area contributed by atoms with Gasteiger partial charge >= 0.3 is 0 Å². The molecule has 3 heterocycles. The van der Waals surface area contributed by atoms with E-state index in [0.29, 0.717) is 0 Å². The van der Waals surface area contributed by atoms with Gasteiger partial charge < -0.3 is 10.6 Å². The van der Waals surface area contributed by atoms with Gasteiger partial charge in [-0.3, -0.25) is 4.79 Å². The minimum absolute atomic E-state index is 0.0326. The molecule has 0 saturated carbocycles. The number of amides is 1. The van der Waals surface area contributed by atoms with Crippen molar-refractivity contribution in [2.24, 2.45) is 0 Å². The average Bonchev–Trinajstić information content (AvgIpc) is 3.05. The standard InChI is InChI=1S/C17H17N3OS2/c1-9-3-4-12-13(7-9)22-17(20-12)15-11-5-6-18-8-14(11)23-16(15)19-10(2)21/h3-4,7,18H,5-6,8H2,1-2H3,(H,19,21). The molecule has 1 amide bonds. The van der Waals surface area contributed by atoms with E-state index >= 15 is 0 Å². The third-order valence-electron chi connectivity index (χ3n) is 3.98. The number of rotatable bonds is 2. The zero-order valence-corrected chi connectivity index (χ0v) is 14.7. The number of hydrogen-bond acceptors (Lipinski definition) is 5. The third kappa shape index (κ3) is 2.67. The molecule has 0 bridgehead atoms. The van der Waals surface area contributed by atoms with E-state index in [1.54, 1.807) is 29.6 Å². The highest BCUT2D eigenvalue weighted by molar-refractivity contribution is 7.23. The van der Waals surface area contributed by atoms with Gasteiger partial charge in [-0.05, 0) is 43.1 Å². The lowest BCUT2D eigenvalue weighted by Crippen LogP contribution is -2.22. The summed E-state index contributed by atoms with van der Waals surface area (Å²) in [6, 6.07) is 6.34. The highest BCUT2D eigenvalue weighted by Gasteiger charge is 2.24. The Labute approximate surface area is 142 Å². The summed E-state index contributed by atoms with van der Waals surface area (Å²) in [6.45, 7) is 5.50. The third-order valence-corrected chi connectivity index (χ3v) is 6.16. The number of thiazole rings is 1. The van der Waals surface area contributed by atoms with Crippen molar-refractivity contribution >= 4 is 43.8 Å². The Kier molecular flexibility index (Phi) is 3.67. The molecule has 0 fully saturated rings. The van der Waals surface area contributed by atoms with Crippen LogP contribution in [0.2, 0.25) is 0 Å². The molecule has 1 aliphatic heterocycles. The van der Waals surface area contributed by atoms with Gasteiger partial charge in [0.15, 0.2) is 0 Å². The van der Waals surface area contributed by atoms with E-state index in [-0.39, 0.29) is 5.91 Å². The second kappa shape index (κ2) is 5.70. The first-order valence-electron chi connectivity index (χ1n) is 7.62. The first-order valence-corrected chi connectivity index (χ1v) is 9.25. The molecule has 1 aromatic carbocycles. The number of thiophene rings is 1. The molecule has 0 unspecified atom stereocenters. The summed E-state index contributed by atoms with van der Waals surface area (Å²) >= 11 is 3.38. The molecule has 23 heavy (non-hydrogen) atoms. The van der Waals surface area contributed by atoms with Gasteiger partial charge in [0.05, 0.1) is 10.2 Å². The SMILES string of the molecule is CC(=O)Nc1sc2c(c1-c1nc3ccc(C)cc3s1)CCNC2. The van der Waals surface area contributed by atoms with Crippen LogP contribution in [0.25, 0.3) is 20.8 Å². The van der Waals surface area contributed by atoms with Crippen molar-refractivity contribution in [1.82, 2.24) is 10.3 Å². The van der Waals surface area contributed by atoms with Crippen molar-refractivity contribution in [2.75, 3.05) is 11.9 Å². The second-order valence-corrected chi connectivity index (χ2v) is 7.94. The topological polar surface area (TPSA) is 54.0 Å². The molecule has 4 rings (SSSR count). The van der Waals surface area contributed by atoms with Gasteiger partial charge in [-0.15, -0.1) is 22.7 Å². The van der Waals surface area contributed by atoms with Gasteiger partial charge in [-0.25, -0.2) is 4.98 Å². The largest absolute Gasteiger partial charge is 0.317 e. The second-order valence-electron chi connectivity index (χ2n) is 5.81. The molecule has 0 spiro atoms. The summed E-state index contributed by atoms with van der Waals surface area (Å²) in [6.07, 6.45) is 0.982. The summed E-state index contributed by atoms with van der Waals surface area (Å²) < 4.78 is 1.20. The summed E-state index contributed by atoms with van der Waals surface area (Å²) in [5.41, 5.74) is 4.73. The van der Waals surface area contributed by atoms with Crippen molar-refractivity contribution in [2.45, 2.75) is 26.8 Å². The molecule has 6 heteroatoms.